The van der Waals surface area contributed by atoms with Gasteiger partial charge in [-0.1, -0.05) is 44.2 Å². The van der Waals surface area contributed by atoms with Crippen LogP contribution in [0.4, 0.5) is 0 Å². The molecule has 0 radical (unpaired) electrons. The van der Waals surface area contributed by atoms with Gasteiger partial charge in [-0.3, -0.25) is 14.5 Å². The standard InChI is InChI=1S/C22H27N5/c1-17(2)21-25-13-16-27(21)22-20(23-11-12-24-22)19-9-6-14-26(19)15-10-18-7-4-3-5-8-18/h3-5,7-8,11-13,16-17,19H,6,9-10,14-15H2,1-2H3/t19-/m0/s1. The summed E-state index contributed by atoms with van der Waals surface area (Å²) in [6, 6.07) is 11.0. The van der Waals surface area contributed by atoms with Crippen molar-refractivity contribution < 1.29 is 0 Å². The summed E-state index contributed by atoms with van der Waals surface area (Å²) in [6.45, 7) is 6.49. The second-order valence-electron chi connectivity index (χ2n) is 7.50. The molecule has 5 heteroatoms. The van der Waals surface area contributed by atoms with E-state index in [1.807, 2.05) is 18.6 Å². The zero-order valence-electron chi connectivity index (χ0n) is 16.1. The molecule has 0 saturated carbocycles. The maximum absolute atomic E-state index is 4.77. The van der Waals surface area contributed by atoms with Crippen LogP contribution < -0.4 is 0 Å². The van der Waals surface area contributed by atoms with Crippen molar-refractivity contribution in [2.24, 2.45) is 0 Å². The molecule has 1 atom stereocenters. The second kappa shape index (κ2) is 8.01. The van der Waals surface area contributed by atoms with Crippen LogP contribution in [0.5, 0.6) is 0 Å². The number of aromatic nitrogens is 4. The highest BCUT2D eigenvalue weighted by molar-refractivity contribution is 5.33. The summed E-state index contributed by atoms with van der Waals surface area (Å²) in [6.07, 6.45) is 10.9. The lowest BCUT2D eigenvalue weighted by atomic mass is 10.1. The van der Waals surface area contributed by atoms with Crippen LogP contribution in [0.2, 0.25) is 0 Å². The summed E-state index contributed by atoms with van der Waals surface area (Å²) in [5.74, 6) is 2.30. The minimum Gasteiger partial charge on any atom is -0.294 e. The van der Waals surface area contributed by atoms with Gasteiger partial charge in [0, 0.05) is 37.3 Å². The van der Waals surface area contributed by atoms with E-state index >= 15 is 0 Å². The number of hydrogen-bond donors (Lipinski definition) is 0. The Kier molecular flexibility index (Phi) is 5.30. The van der Waals surface area contributed by atoms with Crippen molar-refractivity contribution in [2.75, 3.05) is 13.1 Å². The Morgan fingerprint density at radius 1 is 1.04 bits per heavy atom. The van der Waals surface area contributed by atoms with Crippen molar-refractivity contribution in [3.63, 3.8) is 0 Å². The molecule has 0 spiro atoms. The maximum Gasteiger partial charge on any atom is 0.161 e. The fraction of sp³-hybridized carbons (Fsp3) is 0.409. The Balaban J connectivity index is 1.60. The van der Waals surface area contributed by atoms with E-state index < -0.39 is 0 Å². The predicted octanol–water partition coefficient (Wildman–Crippen LogP) is 4.17. The topological polar surface area (TPSA) is 46.8 Å². The Labute approximate surface area is 161 Å². The van der Waals surface area contributed by atoms with Crippen molar-refractivity contribution in [3.05, 3.63) is 72.2 Å². The van der Waals surface area contributed by atoms with Gasteiger partial charge in [0.1, 0.15) is 11.5 Å². The minimum atomic E-state index is 0.319. The second-order valence-corrected chi connectivity index (χ2v) is 7.50. The molecule has 5 nitrogen and oxygen atoms in total. The highest BCUT2D eigenvalue weighted by Crippen LogP contribution is 2.33. The molecule has 0 unspecified atom stereocenters. The Bertz CT molecular complexity index is 871. The summed E-state index contributed by atoms with van der Waals surface area (Å²) in [4.78, 5) is 16.6. The van der Waals surface area contributed by atoms with E-state index in [-0.39, 0.29) is 0 Å². The van der Waals surface area contributed by atoms with Gasteiger partial charge in [0.05, 0.1) is 6.04 Å². The predicted molar refractivity (Wildman–Crippen MR) is 107 cm³/mol. The number of imidazole rings is 1. The van der Waals surface area contributed by atoms with E-state index in [2.05, 4.69) is 58.6 Å². The average Bonchev–Trinajstić information content (AvgIpc) is 3.36. The molecule has 3 aromatic rings. The number of rotatable bonds is 6. The highest BCUT2D eigenvalue weighted by Gasteiger charge is 2.30. The van der Waals surface area contributed by atoms with Gasteiger partial charge in [0.2, 0.25) is 0 Å². The number of likely N-dealkylation sites (tertiary alicyclic amines) is 1. The van der Waals surface area contributed by atoms with Gasteiger partial charge in [0.15, 0.2) is 5.82 Å². The molecule has 0 aliphatic carbocycles. The quantitative estimate of drug-likeness (QED) is 0.661. The fourth-order valence-electron chi connectivity index (χ4n) is 4.00. The van der Waals surface area contributed by atoms with Crippen LogP contribution in [0.15, 0.2) is 55.1 Å². The zero-order valence-corrected chi connectivity index (χ0v) is 16.1. The van der Waals surface area contributed by atoms with Crippen molar-refractivity contribution in [3.8, 4) is 5.82 Å². The molecule has 1 fully saturated rings. The lowest BCUT2D eigenvalue weighted by Crippen LogP contribution is -2.27. The van der Waals surface area contributed by atoms with Crippen LogP contribution in [-0.4, -0.2) is 37.5 Å². The Morgan fingerprint density at radius 2 is 1.85 bits per heavy atom. The Hall–Kier alpha value is -2.53. The van der Waals surface area contributed by atoms with Gasteiger partial charge in [-0.15, -0.1) is 0 Å². The first kappa shape index (κ1) is 17.9. The summed E-state index contributed by atoms with van der Waals surface area (Å²) in [5.41, 5.74) is 2.46. The first-order valence-corrected chi connectivity index (χ1v) is 9.86. The summed E-state index contributed by atoms with van der Waals surface area (Å²) >= 11 is 0. The van der Waals surface area contributed by atoms with E-state index in [4.69, 9.17) is 9.97 Å². The average molecular weight is 361 g/mol. The molecule has 2 aromatic heterocycles. The van der Waals surface area contributed by atoms with Gasteiger partial charge in [-0.25, -0.2) is 9.97 Å². The lowest BCUT2D eigenvalue weighted by molar-refractivity contribution is 0.255. The molecule has 0 N–H and O–H groups in total. The van der Waals surface area contributed by atoms with Crippen LogP contribution >= 0.6 is 0 Å². The van der Waals surface area contributed by atoms with Gasteiger partial charge in [-0.05, 0) is 31.4 Å². The number of nitrogens with zero attached hydrogens (tertiary/aromatic N) is 5. The first-order chi connectivity index (χ1) is 13.2. The molecule has 1 aromatic carbocycles. The number of benzene rings is 1. The van der Waals surface area contributed by atoms with Crippen LogP contribution in [0, 0.1) is 0 Å². The normalized spacial score (nSPS) is 17.7. The molecule has 140 valence electrons. The smallest absolute Gasteiger partial charge is 0.161 e. The van der Waals surface area contributed by atoms with Crippen molar-refractivity contribution in [2.45, 2.75) is 45.1 Å². The van der Waals surface area contributed by atoms with Crippen molar-refractivity contribution in [1.29, 1.82) is 0 Å². The number of hydrogen-bond acceptors (Lipinski definition) is 4. The molecule has 4 rings (SSSR count). The summed E-state index contributed by atoms with van der Waals surface area (Å²) in [7, 11) is 0. The van der Waals surface area contributed by atoms with Gasteiger partial charge in [0.25, 0.3) is 0 Å². The molecule has 1 saturated heterocycles. The molecular weight excluding hydrogens is 334 g/mol. The molecule has 0 bridgehead atoms. The SMILES string of the molecule is CC(C)c1nccn1-c1nccnc1[C@@H]1CCCN1CCc1ccccc1. The maximum atomic E-state index is 4.77. The van der Waals surface area contributed by atoms with E-state index in [0.29, 0.717) is 12.0 Å². The van der Waals surface area contributed by atoms with Crippen LogP contribution in [0.25, 0.3) is 5.82 Å². The minimum absolute atomic E-state index is 0.319. The zero-order chi connectivity index (χ0) is 18.6. The highest BCUT2D eigenvalue weighted by atomic mass is 15.2. The van der Waals surface area contributed by atoms with Crippen LogP contribution in [0.1, 0.15) is 55.7 Å². The molecule has 1 aliphatic heterocycles. The third kappa shape index (κ3) is 3.78. The Morgan fingerprint density at radius 3 is 2.67 bits per heavy atom. The van der Waals surface area contributed by atoms with Crippen LogP contribution in [-0.2, 0) is 6.42 Å². The van der Waals surface area contributed by atoms with E-state index in [0.717, 1.165) is 43.3 Å². The largest absolute Gasteiger partial charge is 0.294 e. The lowest BCUT2D eigenvalue weighted by Gasteiger charge is -2.25. The molecule has 0 amide bonds. The van der Waals surface area contributed by atoms with Gasteiger partial charge in [-0.2, -0.15) is 0 Å². The van der Waals surface area contributed by atoms with Gasteiger partial charge < -0.3 is 0 Å². The molecule has 1 aliphatic rings. The monoisotopic (exact) mass is 361 g/mol. The summed E-state index contributed by atoms with van der Waals surface area (Å²) in [5, 5.41) is 0. The molecule has 3 heterocycles. The van der Waals surface area contributed by atoms with Crippen molar-refractivity contribution in [1.82, 2.24) is 24.4 Å². The van der Waals surface area contributed by atoms with E-state index in [1.165, 1.54) is 12.0 Å². The van der Waals surface area contributed by atoms with Crippen LogP contribution in [0.3, 0.4) is 0 Å². The van der Waals surface area contributed by atoms with Gasteiger partial charge >= 0.3 is 0 Å². The van der Waals surface area contributed by atoms with Crippen molar-refractivity contribution >= 4 is 0 Å². The first-order valence-electron chi connectivity index (χ1n) is 9.86. The molecule has 27 heavy (non-hydrogen) atoms. The fourth-order valence-corrected chi connectivity index (χ4v) is 4.00. The molecular formula is C22H27N5. The third-order valence-corrected chi connectivity index (χ3v) is 5.33. The third-order valence-electron chi connectivity index (χ3n) is 5.33. The van der Waals surface area contributed by atoms with E-state index in [9.17, 15) is 0 Å². The summed E-state index contributed by atoms with van der Waals surface area (Å²) < 4.78 is 2.11. The van der Waals surface area contributed by atoms with E-state index in [1.54, 1.807) is 6.20 Å².